The van der Waals surface area contributed by atoms with Crippen molar-refractivity contribution in [2.24, 2.45) is 5.73 Å². The van der Waals surface area contributed by atoms with Crippen LogP contribution in [0.4, 0.5) is 0 Å². The highest BCUT2D eigenvalue weighted by Gasteiger charge is 2.10. The second-order valence-electron chi connectivity index (χ2n) is 3.94. The van der Waals surface area contributed by atoms with Gasteiger partial charge in [-0.05, 0) is 26.0 Å². The standard InChI is InChI=1S/C12H15N3OS/c1-8-3-5-10(6-4-8)17-7-11-14-12(9(2)13)16-15-11/h3-6,9H,7,13H2,1-2H3/t9-/m1/s1. The van der Waals surface area contributed by atoms with Crippen LogP contribution in [0.15, 0.2) is 33.7 Å². The van der Waals surface area contributed by atoms with Gasteiger partial charge in [-0.15, -0.1) is 11.8 Å². The molecule has 0 saturated carbocycles. The molecule has 0 unspecified atom stereocenters. The van der Waals surface area contributed by atoms with Crippen molar-refractivity contribution >= 4 is 11.8 Å². The van der Waals surface area contributed by atoms with Crippen molar-refractivity contribution in [2.45, 2.75) is 30.5 Å². The van der Waals surface area contributed by atoms with Gasteiger partial charge in [0.1, 0.15) is 0 Å². The van der Waals surface area contributed by atoms with E-state index in [1.165, 1.54) is 10.5 Å². The summed E-state index contributed by atoms with van der Waals surface area (Å²) in [7, 11) is 0. The Morgan fingerprint density at radius 3 is 2.65 bits per heavy atom. The lowest BCUT2D eigenvalue weighted by Crippen LogP contribution is -2.05. The summed E-state index contributed by atoms with van der Waals surface area (Å²) >= 11 is 1.68. The average molecular weight is 249 g/mol. The number of aryl methyl sites for hydroxylation is 1. The molecule has 1 atom stereocenters. The number of nitrogens with zero attached hydrogens (tertiary/aromatic N) is 2. The van der Waals surface area contributed by atoms with Gasteiger partial charge in [0.25, 0.3) is 0 Å². The van der Waals surface area contributed by atoms with Gasteiger partial charge in [-0.1, -0.05) is 22.9 Å². The molecular formula is C12H15N3OS. The Hall–Kier alpha value is -1.33. The molecule has 1 aromatic heterocycles. The van der Waals surface area contributed by atoms with Gasteiger partial charge in [-0.25, -0.2) is 0 Å². The van der Waals surface area contributed by atoms with Crippen molar-refractivity contribution in [3.63, 3.8) is 0 Å². The number of aromatic nitrogens is 2. The van der Waals surface area contributed by atoms with Gasteiger partial charge in [-0.2, -0.15) is 4.98 Å². The van der Waals surface area contributed by atoms with Gasteiger partial charge >= 0.3 is 0 Å². The predicted molar refractivity (Wildman–Crippen MR) is 67.6 cm³/mol. The maximum atomic E-state index is 5.65. The van der Waals surface area contributed by atoms with Crippen LogP contribution in [0.5, 0.6) is 0 Å². The first kappa shape index (κ1) is 12.1. The fraction of sp³-hybridized carbons (Fsp3) is 0.333. The highest BCUT2D eigenvalue weighted by molar-refractivity contribution is 7.98. The molecule has 0 aliphatic rings. The van der Waals surface area contributed by atoms with Crippen molar-refractivity contribution in [1.29, 1.82) is 0 Å². The molecule has 5 heteroatoms. The summed E-state index contributed by atoms with van der Waals surface area (Å²) in [5.41, 5.74) is 6.91. The number of hydrogen-bond acceptors (Lipinski definition) is 5. The van der Waals surface area contributed by atoms with E-state index in [1.807, 2.05) is 6.92 Å². The minimum absolute atomic E-state index is 0.208. The summed E-state index contributed by atoms with van der Waals surface area (Å²) in [4.78, 5) is 5.42. The summed E-state index contributed by atoms with van der Waals surface area (Å²) < 4.78 is 5.03. The van der Waals surface area contributed by atoms with Crippen molar-refractivity contribution < 1.29 is 4.52 Å². The Bertz CT molecular complexity index is 479. The number of benzene rings is 1. The lowest BCUT2D eigenvalue weighted by atomic mass is 10.2. The summed E-state index contributed by atoms with van der Waals surface area (Å²) in [6.45, 7) is 3.90. The summed E-state index contributed by atoms with van der Waals surface area (Å²) in [6, 6.07) is 8.15. The van der Waals surface area contributed by atoms with E-state index in [9.17, 15) is 0 Å². The minimum Gasteiger partial charge on any atom is -0.338 e. The van der Waals surface area contributed by atoms with E-state index < -0.39 is 0 Å². The SMILES string of the molecule is Cc1ccc(SCc2noc([C@@H](C)N)n2)cc1. The zero-order valence-corrected chi connectivity index (χ0v) is 10.7. The summed E-state index contributed by atoms with van der Waals surface area (Å²) in [5, 5.41) is 3.88. The Labute approximate surface area is 105 Å². The van der Waals surface area contributed by atoms with Crippen molar-refractivity contribution in [1.82, 2.24) is 10.1 Å². The maximum Gasteiger partial charge on any atom is 0.243 e. The van der Waals surface area contributed by atoms with Gasteiger partial charge < -0.3 is 10.3 Å². The molecule has 2 aromatic rings. The van der Waals surface area contributed by atoms with E-state index in [-0.39, 0.29) is 6.04 Å². The Kier molecular flexibility index (Phi) is 3.81. The monoisotopic (exact) mass is 249 g/mol. The molecule has 0 spiro atoms. The van der Waals surface area contributed by atoms with Gasteiger partial charge in [0.2, 0.25) is 5.89 Å². The van der Waals surface area contributed by atoms with Crippen LogP contribution in [0, 0.1) is 6.92 Å². The third-order valence-corrected chi connectivity index (χ3v) is 3.27. The lowest BCUT2D eigenvalue weighted by Gasteiger charge is -1.98. The zero-order valence-electron chi connectivity index (χ0n) is 9.88. The summed E-state index contributed by atoms with van der Waals surface area (Å²) in [5.74, 6) is 1.87. The lowest BCUT2D eigenvalue weighted by molar-refractivity contribution is 0.358. The molecule has 2 N–H and O–H groups in total. The number of thioether (sulfide) groups is 1. The number of hydrogen-bond donors (Lipinski definition) is 1. The first-order chi connectivity index (χ1) is 8.15. The van der Waals surface area contributed by atoms with Gasteiger partial charge in [0.15, 0.2) is 5.82 Å². The van der Waals surface area contributed by atoms with Crippen molar-refractivity contribution in [3.8, 4) is 0 Å². The molecule has 0 aliphatic heterocycles. The maximum absolute atomic E-state index is 5.65. The van der Waals surface area contributed by atoms with E-state index in [1.54, 1.807) is 11.8 Å². The normalized spacial score (nSPS) is 12.6. The van der Waals surface area contributed by atoms with E-state index in [2.05, 4.69) is 41.3 Å². The molecule has 1 aromatic carbocycles. The Balaban J connectivity index is 1.95. The van der Waals surface area contributed by atoms with Crippen LogP contribution in [0.1, 0.15) is 30.2 Å². The third kappa shape index (κ3) is 3.31. The van der Waals surface area contributed by atoms with Crippen LogP contribution in [-0.4, -0.2) is 10.1 Å². The zero-order chi connectivity index (χ0) is 12.3. The Morgan fingerprint density at radius 2 is 2.06 bits per heavy atom. The average Bonchev–Trinajstić information content (AvgIpc) is 2.77. The minimum atomic E-state index is -0.208. The fourth-order valence-corrected chi connectivity index (χ4v) is 2.03. The molecule has 0 bridgehead atoms. The largest absolute Gasteiger partial charge is 0.338 e. The quantitative estimate of drug-likeness (QED) is 0.844. The van der Waals surface area contributed by atoms with Crippen molar-refractivity contribution in [3.05, 3.63) is 41.5 Å². The smallest absolute Gasteiger partial charge is 0.243 e. The van der Waals surface area contributed by atoms with E-state index in [0.29, 0.717) is 17.5 Å². The third-order valence-electron chi connectivity index (χ3n) is 2.26. The highest BCUT2D eigenvalue weighted by Crippen LogP contribution is 2.22. The van der Waals surface area contributed by atoms with Gasteiger partial charge in [0.05, 0.1) is 11.8 Å². The Morgan fingerprint density at radius 1 is 1.35 bits per heavy atom. The van der Waals surface area contributed by atoms with Crippen LogP contribution in [0.3, 0.4) is 0 Å². The molecule has 4 nitrogen and oxygen atoms in total. The second-order valence-corrected chi connectivity index (χ2v) is 4.99. The van der Waals surface area contributed by atoms with Crippen LogP contribution >= 0.6 is 11.8 Å². The van der Waals surface area contributed by atoms with E-state index >= 15 is 0 Å². The predicted octanol–water partition coefficient (Wildman–Crippen LogP) is 2.69. The first-order valence-corrected chi connectivity index (χ1v) is 6.41. The van der Waals surface area contributed by atoms with E-state index in [4.69, 9.17) is 10.3 Å². The molecule has 1 heterocycles. The number of nitrogens with two attached hydrogens (primary N) is 1. The number of rotatable bonds is 4. The molecule has 0 saturated heterocycles. The highest BCUT2D eigenvalue weighted by atomic mass is 32.2. The molecule has 90 valence electrons. The van der Waals surface area contributed by atoms with Crippen LogP contribution < -0.4 is 5.73 Å². The molecule has 0 amide bonds. The topological polar surface area (TPSA) is 64.9 Å². The van der Waals surface area contributed by atoms with Crippen LogP contribution in [0.2, 0.25) is 0 Å². The fourth-order valence-electron chi connectivity index (χ4n) is 1.29. The first-order valence-electron chi connectivity index (χ1n) is 5.42. The van der Waals surface area contributed by atoms with Crippen molar-refractivity contribution in [2.75, 3.05) is 0 Å². The van der Waals surface area contributed by atoms with Crippen LogP contribution in [0.25, 0.3) is 0 Å². The van der Waals surface area contributed by atoms with Crippen LogP contribution in [-0.2, 0) is 5.75 Å². The molecule has 0 radical (unpaired) electrons. The van der Waals surface area contributed by atoms with Gasteiger partial charge in [-0.3, -0.25) is 0 Å². The molecule has 0 aliphatic carbocycles. The molecule has 0 fully saturated rings. The second kappa shape index (κ2) is 5.33. The molecule has 2 rings (SSSR count). The van der Waals surface area contributed by atoms with E-state index in [0.717, 1.165) is 0 Å². The molecular weight excluding hydrogens is 234 g/mol. The molecule has 17 heavy (non-hydrogen) atoms. The van der Waals surface area contributed by atoms with Gasteiger partial charge in [0, 0.05) is 4.90 Å². The summed E-state index contributed by atoms with van der Waals surface area (Å²) in [6.07, 6.45) is 0.